The Kier molecular flexibility index (Phi) is 5.31. The Labute approximate surface area is 155 Å². The Hall–Kier alpha value is -3.07. The normalized spacial score (nSPS) is 11.2. The second kappa shape index (κ2) is 7.67. The number of alkyl halides is 3. The van der Waals surface area contributed by atoms with Gasteiger partial charge in [-0.25, -0.2) is 0 Å². The number of amides is 2. The molecule has 0 aliphatic heterocycles. The number of anilines is 1. The van der Waals surface area contributed by atoms with Crippen molar-refractivity contribution in [2.45, 2.75) is 12.7 Å². The fourth-order valence-electron chi connectivity index (χ4n) is 2.26. The van der Waals surface area contributed by atoms with Crippen LogP contribution in [0.1, 0.15) is 10.4 Å². The maximum Gasteiger partial charge on any atom is 0.416 e. The van der Waals surface area contributed by atoms with E-state index in [1.165, 1.54) is 17.4 Å². The minimum Gasteiger partial charge on any atom is -0.472 e. The van der Waals surface area contributed by atoms with Crippen LogP contribution in [0.4, 0.5) is 18.9 Å². The number of furan rings is 1. The van der Waals surface area contributed by atoms with E-state index >= 15 is 0 Å². The molecule has 2 aromatic heterocycles. The average molecular weight is 394 g/mol. The van der Waals surface area contributed by atoms with Gasteiger partial charge in [0.25, 0.3) is 0 Å². The molecule has 5 nitrogen and oxygen atoms in total. The van der Waals surface area contributed by atoms with Crippen LogP contribution in [0, 0.1) is 0 Å². The van der Waals surface area contributed by atoms with E-state index < -0.39 is 23.6 Å². The van der Waals surface area contributed by atoms with E-state index in [0.717, 1.165) is 34.2 Å². The van der Waals surface area contributed by atoms with Gasteiger partial charge >= 0.3 is 18.0 Å². The summed E-state index contributed by atoms with van der Waals surface area (Å²) in [6.45, 7) is 0.122. The molecule has 0 atom stereocenters. The van der Waals surface area contributed by atoms with Crippen molar-refractivity contribution in [1.29, 1.82) is 0 Å². The maximum absolute atomic E-state index is 12.7. The van der Waals surface area contributed by atoms with E-state index in [-0.39, 0.29) is 12.2 Å². The Morgan fingerprint density at radius 2 is 1.89 bits per heavy atom. The van der Waals surface area contributed by atoms with E-state index in [9.17, 15) is 22.8 Å². The smallest absolute Gasteiger partial charge is 0.416 e. The minimum atomic E-state index is -4.53. The molecular formula is C18H13F3N2O3S. The molecule has 2 amide bonds. The first-order valence-electron chi connectivity index (χ1n) is 7.69. The van der Waals surface area contributed by atoms with E-state index in [2.05, 4.69) is 10.6 Å². The summed E-state index contributed by atoms with van der Waals surface area (Å²) in [6, 6.07) is 7.72. The fraction of sp³-hybridized carbons (Fsp3) is 0.111. The highest BCUT2D eigenvalue weighted by Gasteiger charge is 2.30. The van der Waals surface area contributed by atoms with Crippen LogP contribution in [-0.4, -0.2) is 11.8 Å². The topological polar surface area (TPSA) is 71.3 Å². The van der Waals surface area contributed by atoms with Crippen LogP contribution in [0.15, 0.2) is 58.7 Å². The van der Waals surface area contributed by atoms with Gasteiger partial charge < -0.3 is 15.1 Å². The van der Waals surface area contributed by atoms with Crippen molar-refractivity contribution in [3.8, 4) is 11.1 Å². The third kappa shape index (κ3) is 4.76. The Morgan fingerprint density at radius 1 is 1.07 bits per heavy atom. The summed E-state index contributed by atoms with van der Waals surface area (Å²) in [5.74, 6) is -1.98. The predicted octanol–water partition coefficient (Wildman–Crippen LogP) is 4.28. The summed E-state index contributed by atoms with van der Waals surface area (Å²) in [4.78, 5) is 24.6. The Bertz CT molecular complexity index is 949. The predicted molar refractivity (Wildman–Crippen MR) is 93.9 cm³/mol. The molecule has 2 heterocycles. The lowest BCUT2D eigenvalue weighted by Gasteiger charge is -2.09. The first kappa shape index (κ1) is 18.7. The van der Waals surface area contributed by atoms with Gasteiger partial charge in [-0.3, -0.25) is 9.59 Å². The first-order valence-corrected chi connectivity index (χ1v) is 8.57. The highest BCUT2D eigenvalue weighted by atomic mass is 32.1. The summed E-state index contributed by atoms with van der Waals surface area (Å²) in [5, 5.41) is 6.48. The molecule has 9 heteroatoms. The van der Waals surface area contributed by atoms with E-state index in [0.29, 0.717) is 0 Å². The summed E-state index contributed by atoms with van der Waals surface area (Å²) >= 11 is 1.40. The van der Waals surface area contributed by atoms with Crippen LogP contribution in [0.3, 0.4) is 0 Å². The number of nitrogens with one attached hydrogen (secondary N) is 2. The lowest BCUT2D eigenvalue weighted by atomic mass is 10.2. The standard InChI is InChI=1S/C18H13F3N2O3S/c19-18(20,21)13-2-1-3-14(7-13)23-17(25)16(24)22-8-15-6-12(10-27-15)11-4-5-26-9-11/h1-7,9-10H,8H2,(H,22,24)(H,23,25). The molecule has 27 heavy (non-hydrogen) atoms. The molecule has 1 aromatic carbocycles. The molecule has 2 N–H and O–H groups in total. The molecular weight excluding hydrogens is 381 g/mol. The van der Waals surface area contributed by atoms with Crippen molar-refractivity contribution >= 4 is 28.8 Å². The van der Waals surface area contributed by atoms with Crippen molar-refractivity contribution in [2.24, 2.45) is 0 Å². The van der Waals surface area contributed by atoms with Gasteiger partial charge in [0.1, 0.15) is 0 Å². The van der Waals surface area contributed by atoms with Gasteiger partial charge in [-0.2, -0.15) is 13.2 Å². The molecule has 0 saturated heterocycles. The zero-order valence-corrected chi connectivity index (χ0v) is 14.5. The van der Waals surface area contributed by atoms with Crippen molar-refractivity contribution < 1.29 is 27.2 Å². The molecule has 0 aliphatic carbocycles. The van der Waals surface area contributed by atoms with Gasteiger partial charge in [0, 0.05) is 16.1 Å². The summed E-state index contributed by atoms with van der Waals surface area (Å²) < 4.78 is 43.0. The van der Waals surface area contributed by atoms with Crippen LogP contribution in [0.5, 0.6) is 0 Å². The molecule has 0 fully saturated rings. The third-order valence-electron chi connectivity index (χ3n) is 3.59. The van der Waals surface area contributed by atoms with Gasteiger partial charge in [-0.05, 0) is 41.3 Å². The lowest BCUT2D eigenvalue weighted by Crippen LogP contribution is -2.34. The zero-order chi connectivity index (χ0) is 19.4. The van der Waals surface area contributed by atoms with Gasteiger partial charge in [0.05, 0.1) is 24.6 Å². The van der Waals surface area contributed by atoms with E-state index in [1.54, 1.807) is 18.6 Å². The van der Waals surface area contributed by atoms with Crippen LogP contribution < -0.4 is 10.6 Å². The van der Waals surface area contributed by atoms with Gasteiger partial charge in [0.2, 0.25) is 0 Å². The monoisotopic (exact) mass is 394 g/mol. The second-order valence-electron chi connectivity index (χ2n) is 5.53. The van der Waals surface area contributed by atoms with Crippen molar-refractivity contribution in [1.82, 2.24) is 5.32 Å². The number of hydrogen-bond acceptors (Lipinski definition) is 4. The van der Waals surface area contributed by atoms with Crippen LogP contribution in [-0.2, 0) is 22.3 Å². The molecule has 0 spiro atoms. The van der Waals surface area contributed by atoms with Gasteiger partial charge in [-0.1, -0.05) is 6.07 Å². The number of carbonyl (C=O) groups is 2. The number of thiophene rings is 1. The van der Waals surface area contributed by atoms with Crippen LogP contribution in [0.2, 0.25) is 0 Å². The molecule has 0 radical (unpaired) electrons. The highest BCUT2D eigenvalue weighted by Crippen LogP contribution is 2.30. The lowest BCUT2D eigenvalue weighted by molar-refractivity contribution is -0.137. The second-order valence-corrected chi connectivity index (χ2v) is 6.52. The molecule has 0 aliphatic rings. The summed E-state index contributed by atoms with van der Waals surface area (Å²) in [5.41, 5.74) is 0.798. The van der Waals surface area contributed by atoms with Crippen LogP contribution in [0.25, 0.3) is 11.1 Å². The van der Waals surface area contributed by atoms with Gasteiger partial charge in [-0.15, -0.1) is 11.3 Å². The molecule has 0 unspecified atom stereocenters. The molecule has 0 saturated carbocycles. The number of carbonyl (C=O) groups excluding carboxylic acids is 2. The SMILES string of the molecule is O=C(NCc1cc(-c2ccoc2)cs1)C(=O)Nc1cccc(C(F)(F)F)c1. The largest absolute Gasteiger partial charge is 0.472 e. The number of benzene rings is 1. The zero-order valence-electron chi connectivity index (χ0n) is 13.7. The molecule has 3 aromatic rings. The summed E-state index contributed by atoms with van der Waals surface area (Å²) in [6.07, 6.45) is -1.39. The quantitative estimate of drug-likeness (QED) is 0.649. The first-order chi connectivity index (χ1) is 12.8. The maximum atomic E-state index is 12.7. The van der Waals surface area contributed by atoms with Crippen molar-refractivity contribution in [2.75, 3.05) is 5.32 Å². The number of rotatable bonds is 4. The van der Waals surface area contributed by atoms with Crippen molar-refractivity contribution in [3.63, 3.8) is 0 Å². The number of hydrogen-bond donors (Lipinski definition) is 2. The number of halogens is 3. The van der Waals surface area contributed by atoms with Crippen molar-refractivity contribution in [3.05, 3.63) is 64.7 Å². The molecule has 3 rings (SSSR count). The van der Waals surface area contributed by atoms with E-state index in [4.69, 9.17) is 4.42 Å². The Morgan fingerprint density at radius 3 is 2.59 bits per heavy atom. The van der Waals surface area contributed by atoms with Crippen LogP contribution >= 0.6 is 11.3 Å². The van der Waals surface area contributed by atoms with Gasteiger partial charge in [0.15, 0.2) is 0 Å². The molecule has 0 bridgehead atoms. The molecule has 140 valence electrons. The minimum absolute atomic E-state index is 0.108. The highest BCUT2D eigenvalue weighted by molar-refractivity contribution is 7.10. The fourth-order valence-corrected chi connectivity index (χ4v) is 3.10. The summed E-state index contributed by atoms with van der Waals surface area (Å²) in [7, 11) is 0. The Balaban J connectivity index is 1.56. The average Bonchev–Trinajstić information content (AvgIpc) is 3.30. The van der Waals surface area contributed by atoms with E-state index in [1.807, 2.05) is 11.4 Å². The third-order valence-corrected chi connectivity index (χ3v) is 4.52.